The SMILES string of the molecule is CCN(C(=O)c1cc(-c2ccccc2)on1)C(C)c1ccc(C#N)cc1. The Labute approximate surface area is 152 Å². The third kappa shape index (κ3) is 3.50. The first kappa shape index (κ1) is 17.4. The van der Waals surface area contributed by atoms with Gasteiger partial charge in [0.05, 0.1) is 17.7 Å². The van der Waals surface area contributed by atoms with E-state index in [0.29, 0.717) is 17.9 Å². The van der Waals surface area contributed by atoms with Gasteiger partial charge < -0.3 is 9.42 Å². The van der Waals surface area contributed by atoms with Crippen LogP contribution in [0, 0.1) is 11.3 Å². The van der Waals surface area contributed by atoms with E-state index in [9.17, 15) is 4.79 Å². The third-order valence-electron chi connectivity index (χ3n) is 4.38. The molecule has 0 bridgehead atoms. The van der Waals surface area contributed by atoms with Crippen LogP contribution >= 0.6 is 0 Å². The number of aromatic nitrogens is 1. The van der Waals surface area contributed by atoms with Gasteiger partial charge in [0, 0.05) is 18.2 Å². The van der Waals surface area contributed by atoms with Crippen LogP contribution in [0.3, 0.4) is 0 Å². The van der Waals surface area contributed by atoms with E-state index in [1.165, 1.54) is 0 Å². The van der Waals surface area contributed by atoms with Crippen molar-refractivity contribution in [2.45, 2.75) is 19.9 Å². The number of amides is 1. The van der Waals surface area contributed by atoms with Gasteiger partial charge >= 0.3 is 0 Å². The van der Waals surface area contributed by atoms with Crippen LogP contribution in [-0.4, -0.2) is 22.5 Å². The maximum atomic E-state index is 12.9. The van der Waals surface area contributed by atoms with E-state index < -0.39 is 0 Å². The number of nitriles is 1. The summed E-state index contributed by atoms with van der Waals surface area (Å²) in [6, 6.07) is 20.4. The molecule has 130 valence electrons. The van der Waals surface area contributed by atoms with Crippen LogP contribution in [0.25, 0.3) is 11.3 Å². The van der Waals surface area contributed by atoms with Gasteiger partial charge in [-0.15, -0.1) is 0 Å². The molecule has 0 spiro atoms. The first-order valence-electron chi connectivity index (χ1n) is 8.47. The van der Waals surface area contributed by atoms with Gasteiger partial charge in [0.15, 0.2) is 11.5 Å². The molecule has 1 heterocycles. The molecule has 26 heavy (non-hydrogen) atoms. The Kier molecular flexibility index (Phi) is 5.14. The summed E-state index contributed by atoms with van der Waals surface area (Å²) < 4.78 is 5.35. The van der Waals surface area contributed by atoms with Crippen LogP contribution in [0.5, 0.6) is 0 Å². The summed E-state index contributed by atoms with van der Waals surface area (Å²) in [6.45, 7) is 4.42. The Morgan fingerprint density at radius 2 is 1.88 bits per heavy atom. The molecule has 5 nitrogen and oxygen atoms in total. The van der Waals surface area contributed by atoms with Crippen molar-refractivity contribution in [3.63, 3.8) is 0 Å². The van der Waals surface area contributed by atoms with Gasteiger partial charge in [-0.3, -0.25) is 4.79 Å². The molecule has 0 aliphatic carbocycles. The topological polar surface area (TPSA) is 70.1 Å². The summed E-state index contributed by atoms with van der Waals surface area (Å²) in [5, 5.41) is 12.9. The second-order valence-corrected chi connectivity index (χ2v) is 5.94. The van der Waals surface area contributed by atoms with Gasteiger partial charge in [-0.05, 0) is 31.5 Å². The quantitative estimate of drug-likeness (QED) is 0.685. The summed E-state index contributed by atoms with van der Waals surface area (Å²) in [7, 11) is 0. The molecule has 0 fully saturated rings. The van der Waals surface area contributed by atoms with Crippen LogP contribution in [0.2, 0.25) is 0 Å². The average molecular weight is 345 g/mol. The highest BCUT2D eigenvalue weighted by Crippen LogP contribution is 2.25. The van der Waals surface area contributed by atoms with Crippen molar-refractivity contribution in [3.8, 4) is 17.4 Å². The standard InChI is InChI=1S/C21H19N3O2/c1-3-24(15(2)17-11-9-16(14-22)10-12-17)21(25)19-13-20(26-23-19)18-7-5-4-6-8-18/h4-13,15H,3H2,1-2H3. The molecule has 0 saturated heterocycles. The van der Waals surface area contributed by atoms with Crippen LogP contribution in [0.1, 0.15) is 41.5 Å². The van der Waals surface area contributed by atoms with E-state index in [-0.39, 0.29) is 17.6 Å². The van der Waals surface area contributed by atoms with Crippen molar-refractivity contribution >= 4 is 5.91 Å². The molecule has 5 heteroatoms. The lowest BCUT2D eigenvalue weighted by Crippen LogP contribution is -2.33. The third-order valence-corrected chi connectivity index (χ3v) is 4.38. The lowest BCUT2D eigenvalue weighted by molar-refractivity contribution is 0.0691. The van der Waals surface area contributed by atoms with Gasteiger partial charge in [0.1, 0.15) is 0 Å². The van der Waals surface area contributed by atoms with Crippen molar-refractivity contribution in [1.29, 1.82) is 5.26 Å². The first-order valence-corrected chi connectivity index (χ1v) is 8.47. The maximum Gasteiger partial charge on any atom is 0.276 e. The number of hydrogen-bond donors (Lipinski definition) is 0. The smallest absolute Gasteiger partial charge is 0.276 e. The zero-order chi connectivity index (χ0) is 18.5. The number of nitrogens with zero attached hydrogens (tertiary/aromatic N) is 3. The first-order chi connectivity index (χ1) is 12.6. The number of rotatable bonds is 5. The molecular weight excluding hydrogens is 326 g/mol. The van der Waals surface area contributed by atoms with E-state index >= 15 is 0 Å². The molecule has 1 amide bonds. The number of carbonyl (C=O) groups excluding carboxylic acids is 1. The van der Waals surface area contributed by atoms with Crippen LogP contribution in [-0.2, 0) is 0 Å². The Morgan fingerprint density at radius 3 is 2.50 bits per heavy atom. The molecule has 0 aliphatic heterocycles. The lowest BCUT2D eigenvalue weighted by Gasteiger charge is -2.27. The van der Waals surface area contributed by atoms with E-state index in [1.54, 1.807) is 23.1 Å². The van der Waals surface area contributed by atoms with E-state index in [1.807, 2.05) is 56.3 Å². The molecule has 3 rings (SSSR count). The summed E-state index contributed by atoms with van der Waals surface area (Å²) in [6.07, 6.45) is 0. The van der Waals surface area contributed by atoms with Gasteiger partial charge in [0.2, 0.25) is 0 Å². The number of benzene rings is 2. The Bertz CT molecular complexity index is 924. The van der Waals surface area contributed by atoms with Crippen molar-refractivity contribution < 1.29 is 9.32 Å². The lowest BCUT2D eigenvalue weighted by atomic mass is 10.0. The van der Waals surface area contributed by atoms with E-state index in [4.69, 9.17) is 9.78 Å². The predicted octanol–water partition coefficient (Wildman–Crippen LogP) is 4.44. The van der Waals surface area contributed by atoms with E-state index in [2.05, 4.69) is 11.2 Å². The number of hydrogen-bond acceptors (Lipinski definition) is 4. The van der Waals surface area contributed by atoms with Crippen molar-refractivity contribution in [3.05, 3.63) is 77.5 Å². The zero-order valence-electron chi connectivity index (χ0n) is 14.7. The fourth-order valence-corrected chi connectivity index (χ4v) is 2.87. The molecule has 0 radical (unpaired) electrons. The number of carbonyl (C=O) groups is 1. The van der Waals surface area contributed by atoms with E-state index in [0.717, 1.165) is 11.1 Å². The van der Waals surface area contributed by atoms with Crippen molar-refractivity contribution in [1.82, 2.24) is 10.1 Å². The molecule has 1 aromatic heterocycles. The molecule has 0 N–H and O–H groups in total. The van der Waals surface area contributed by atoms with Gasteiger partial charge in [-0.1, -0.05) is 47.6 Å². The van der Waals surface area contributed by atoms with Crippen molar-refractivity contribution in [2.75, 3.05) is 6.54 Å². The fourth-order valence-electron chi connectivity index (χ4n) is 2.87. The molecular formula is C21H19N3O2. The summed E-state index contributed by atoms with van der Waals surface area (Å²) in [5.74, 6) is 0.381. The van der Waals surface area contributed by atoms with Crippen LogP contribution in [0.4, 0.5) is 0 Å². The second-order valence-electron chi connectivity index (χ2n) is 5.94. The highest BCUT2D eigenvalue weighted by atomic mass is 16.5. The average Bonchev–Trinajstić information content (AvgIpc) is 3.19. The predicted molar refractivity (Wildman–Crippen MR) is 98.2 cm³/mol. The minimum Gasteiger partial charge on any atom is -0.355 e. The monoisotopic (exact) mass is 345 g/mol. The van der Waals surface area contributed by atoms with Crippen LogP contribution in [0.15, 0.2) is 65.2 Å². The molecule has 0 aliphatic rings. The van der Waals surface area contributed by atoms with Gasteiger partial charge in [0.25, 0.3) is 5.91 Å². The largest absolute Gasteiger partial charge is 0.355 e. The second kappa shape index (κ2) is 7.66. The summed E-state index contributed by atoms with van der Waals surface area (Å²) in [5.41, 5.74) is 2.72. The Morgan fingerprint density at radius 1 is 1.19 bits per heavy atom. The minimum absolute atomic E-state index is 0.142. The van der Waals surface area contributed by atoms with Crippen molar-refractivity contribution in [2.24, 2.45) is 0 Å². The van der Waals surface area contributed by atoms with Crippen LogP contribution < -0.4 is 0 Å². The normalized spacial score (nSPS) is 11.6. The molecule has 0 saturated carbocycles. The highest BCUT2D eigenvalue weighted by Gasteiger charge is 2.24. The minimum atomic E-state index is -0.185. The fraction of sp³-hybridized carbons (Fsp3) is 0.190. The zero-order valence-corrected chi connectivity index (χ0v) is 14.7. The summed E-state index contributed by atoms with van der Waals surface area (Å²) >= 11 is 0. The molecule has 1 atom stereocenters. The molecule has 1 unspecified atom stereocenters. The Balaban J connectivity index is 1.82. The highest BCUT2D eigenvalue weighted by molar-refractivity contribution is 5.93. The summed E-state index contributed by atoms with van der Waals surface area (Å²) in [4.78, 5) is 14.6. The molecule has 2 aromatic carbocycles. The molecule has 3 aromatic rings. The maximum absolute atomic E-state index is 12.9. The van der Waals surface area contributed by atoms with Gasteiger partial charge in [-0.25, -0.2) is 0 Å². The van der Waals surface area contributed by atoms with Gasteiger partial charge in [-0.2, -0.15) is 5.26 Å². The Hall–Kier alpha value is -3.39.